The molecular weight excluding hydrogens is 234 g/mol. The first-order chi connectivity index (χ1) is 7.53. The number of amides is 1. The SMILES string of the molecule is NCC(F)(F)CNC(=O)CC1CCSCC1. The number of nitrogens with two attached hydrogens (primary N) is 1. The van der Waals surface area contributed by atoms with E-state index >= 15 is 0 Å². The van der Waals surface area contributed by atoms with Gasteiger partial charge in [0, 0.05) is 6.42 Å². The fourth-order valence-electron chi connectivity index (χ4n) is 1.58. The molecule has 1 saturated heterocycles. The van der Waals surface area contributed by atoms with Crippen molar-refractivity contribution in [1.29, 1.82) is 0 Å². The molecule has 16 heavy (non-hydrogen) atoms. The molecule has 1 aliphatic heterocycles. The molecule has 0 aromatic rings. The standard InChI is InChI=1S/C10H18F2N2OS/c11-10(12,6-13)7-14-9(15)5-8-1-3-16-4-2-8/h8H,1-7,13H2,(H,14,15). The third-order valence-corrected chi connectivity index (χ3v) is 3.71. The Balaban J connectivity index is 2.19. The highest BCUT2D eigenvalue weighted by molar-refractivity contribution is 7.99. The summed E-state index contributed by atoms with van der Waals surface area (Å²) in [5.74, 6) is -0.788. The number of carbonyl (C=O) groups is 1. The number of nitrogens with one attached hydrogen (secondary N) is 1. The fraction of sp³-hybridized carbons (Fsp3) is 0.900. The molecule has 1 amide bonds. The summed E-state index contributed by atoms with van der Waals surface area (Å²) in [6, 6.07) is 0. The van der Waals surface area contributed by atoms with E-state index in [0.29, 0.717) is 12.3 Å². The van der Waals surface area contributed by atoms with Crippen LogP contribution in [0.3, 0.4) is 0 Å². The van der Waals surface area contributed by atoms with Crippen LogP contribution < -0.4 is 11.1 Å². The van der Waals surface area contributed by atoms with Crippen molar-refractivity contribution in [1.82, 2.24) is 5.32 Å². The monoisotopic (exact) mass is 252 g/mol. The largest absolute Gasteiger partial charge is 0.350 e. The van der Waals surface area contributed by atoms with Crippen molar-refractivity contribution in [2.24, 2.45) is 11.7 Å². The van der Waals surface area contributed by atoms with Gasteiger partial charge < -0.3 is 11.1 Å². The third-order valence-electron chi connectivity index (χ3n) is 2.66. The first kappa shape index (κ1) is 13.7. The maximum absolute atomic E-state index is 12.7. The topological polar surface area (TPSA) is 55.1 Å². The third kappa shape index (κ3) is 5.12. The fourth-order valence-corrected chi connectivity index (χ4v) is 2.79. The van der Waals surface area contributed by atoms with Crippen molar-refractivity contribution in [3.8, 4) is 0 Å². The summed E-state index contributed by atoms with van der Waals surface area (Å²) in [6.45, 7) is -1.38. The molecule has 0 spiro atoms. The molecule has 0 aromatic carbocycles. The molecule has 0 aromatic heterocycles. The molecule has 1 heterocycles. The van der Waals surface area contributed by atoms with Crippen molar-refractivity contribution >= 4 is 17.7 Å². The molecule has 0 radical (unpaired) electrons. The second-order valence-corrected chi connectivity index (χ2v) is 5.32. The van der Waals surface area contributed by atoms with Crippen LogP contribution in [0.5, 0.6) is 0 Å². The summed E-state index contributed by atoms with van der Waals surface area (Å²) in [6.07, 6.45) is 2.37. The minimum Gasteiger partial charge on any atom is -0.350 e. The van der Waals surface area contributed by atoms with Crippen molar-refractivity contribution in [2.75, 3.05) is 24.6 Å². The Labute approximate surface area is 98.5 Å². The smallest absolute Gasteiger partial charge is 0.277 e. The molecule has 0 bridgehead atoms. The zero-order valence-corrected chi connectivity index (χ0v) is 9.99. The van der Waals surface area contributed by atoms with E-state index in [0.717, 1.165) is 24.3 Å². The molecule has 0 saturated carbocycles. The van der Waals surface area contributed by atoms with E-state index in [9.17, 15) is 13.6 Å². The van der Waals surface area contributed by atoms with E-state index in [2.05, 4.69) is 5.32 Å². The van der Waals surface area contributed by atoms with E-state index < -0.39 is 19.0 Å². The van der Waals surface area contributed by atoms with Gasteiger partial charge in [-0.1, -0.05) is 0 Å². The van der Waals surface area contributed by atoms with Gasteiger partial charge in [-0.3, -0.25) is 4.79 Å². The number of carbonyl (C=O) groups excluding carboxylic acids is 1. The van der Waals surface area contributed by atoms with Crippen molar-refractivity contribution < 1.29 is 13.6 Å². The lowest BCUT2D eigenvalue weighted by atomic mass is 9.98. The lowest BCUT2D eigenvalue weighted by Gasteiger charge is -2.21. The number of halogens is 2. The highest BCUT2D eigenvalue weighted by Gasteiger charge is 2.27. The van der Waals surface area contributed by atoms with E-state index in [1.54, 1.807) is 0 Å². The summed E-state index contributed by atoms with van der Waals surface area (Å²) in [4.78, 5) is 11.4. The Morgan fingerprint density at radius 3 is 2.62 bits per heavy atom. The average Bonchev–Trinajstić information content (AvgIpc) is 2.28. The predicted octanol–water partition coefficient (Wildman–Crippen LogP) is 1.23. The zero-order valence-electron chi connectivity index (χ0n) is 9.18. The number of thioether (sulfide) groups is 1. The van der Waals surface area contributed by atoms with Gasteiger partial charge in [-0.25, -0.2) is 8.78 Å². The summed E-state index contributed by atoms with van der Waals surface area (Å²) in [7, 11) is 0. The molecule has 3 N–H and O–H groups in total. The summed E-state index contributed by atoms with van der Waals surface area (Å²) in [5, 5.41) is 2.25. The van der Waals surface area contributed by atoms with Crippen molar-refractivity contribution in [3.05, 3.63) is 0 Å². The molecule has 0 unspecified atom stereocenters. The Hall–Kier alpha value is -0.360. The van der Waals surface area contributed by atoms with Gasteiger partial charge in [-0.15, -0.1) is 0 Å². The summed E-state index contributed by atoms with van der Waals surface area (Å²) < 4.78 is 25.5. The Morgan fingerprint density at radius 1 is 1.44 bits per heavy atom. The van der Waals surface area contributed by atoms with Crippen LogP contribution in [0, 0.1) is 5.92 Å². The van der Waals surface area contributed by atoms with E-state index in [4.69, 9.17) is 5.73 Å². The molecule has 94 valence electrons. The van der Waals surface area contributed by atoms with Crippen LogP contribution >= 0.6 is 11.8 Å². The van der Waals surface area contributed by atoms with E-state index in [1.165, 1.54) is 0 Å². The van der Waals surface area contributed by atoms with Crippen LogP contribution in [0.25, 0.3) is 0 Å². The Kier molecular flexibility index (Phi) is 5.48. The van der Waals surface area contributed by atoms with Crippen LogP contribution in [0.1, 0.15) is 19.3 Å². The van der Waals surface area contributed by atoms with Crippen molar-refractivity contribution in [3.63, 3.8) is 0 Å². The molecule has 6 heteroatoms. The summed E-state index contributed by atoms with van der Waals surface area (Å²) in [5.41, 5.74) is 4.87. The molecule has 1 aliphatic rings. The number of alkyl halides is 2. The first-order valence-electron chi connectivity index (χ1n) is 5.46. The van der Waals surface area contributed by atoms with Gasteiger partial charge in [-0.2, -0.15) is 11.8 Å². The molecule has 0 aliphatic carbocycles. The van der Waals surface area contributed by atoms with Gasteiger partial charge in [0.2, 0.25) is 5.91 Å². The number of hydrogen-bond donors (Lipinski definition) is 2. The quantitative estimate of drug-likeness (QED) is 0.774. The predicted molar refractivity (Wildman–Crippen MR) is 61.7 cm³/mol. The highest BCUT2D eigenvalue weighted by Crippen LogP contribution is 2.25. The molecular formula is C10H18F2N2OS. The number of hydrogen-bond acceptors (Lipinski definition) is 3. The second-order valence-electron chi connectivity index (χ2n) is 4.10. The Bertz CT molecular complexity index is 233. The normalized spacial score (nSPS) is 18.4. The van der Waals surface area contributed by atoms with Gasteiger partial charge in [0.1, 0.15) is 0 Å². The van der Waals surface area contributed by atoms with Gasteiger partial charge in [0.05, 0.1) is 13.1 Å². The van der Waals surface area contributed by atoms with Crippen LogP contribution in [-0.4, -0.2) is 36.4 Å². The lowest BCUT2D eigenvalue weighted by molar-refractivity contribution is -0.123. The molecule has 0 atom stereocenters. The number of rotatable bonds is 5. The zero-order chi connectivity index (χ0) is 12.0. The van der Waals surface area contributed by atoms with Crippen LogP contribution in [-0.2, 0) is 4.79 Å². The maximum atomic E-state index is 12.7. The second kappa shape index (κ2) is 6.39. The van der Waals surface area contributed by atoms with Gasteiger partial charge in [0.25, 0.3) is 5.92 Å². The van der Waals surface area contributed by atoms with Crippen LogP contribution in [0.2, 0.25) is 0 Å². The highest BCUT2D eigenvalue weighted by atomic mass is 32.2. The molecule has 3 nitrogen and oxygen atoms in total. The molecule has 1 fully saturated rings. The minimum absolute atomic E-state index is 0.287. The van der Waals surface area contributed by atoms with E-state index in [-0.39, 0.29) is 5.91 Å². The van der Waals surface area contributed by atoms with E-state index in [1.807, 2.05) is 11.8 Å². The maximum Gasteiger partial charge on any atom is 0.277 e. The van der Waals surface area contributed by atoms with Gasteiger partial charge >= 0.3 is 0 Å². The Morgan fingerprint density at radius 2 is 2.06 bits per heavy atom. The lowest BCUT2D eigenvalue weighted by Crippen LogP contribution is -2.42. The van der Waals surface area contributed by atoms with Crippen LogP contribution in [0.4, 0.5) is 8.78 Å². The van der Waals surface area contributed by atoms with Gasteiger partial charge in [-0.05, 0) is 30.3 Å². The first-order valence-corrected chi connectivity index (χ1v) is 6.61. The summed E-state index contributed by atoms with van der Waals surface area (Å²) >= 11 is 1.88. The van der Waals surface area contributed by atoms with Crippen molar-refractivity contribution in [2.45, 2.75) is 25.2 Å². The molecule has 1 rings (SSSR count). The van der Waals surface area contributed by atoms with Gasteiger partial charge in [0.15, 0.2) is 0 Å². The average molecular weight is 252 g/mol. The van der Waals surface area contributed by atoms with Crippen LogP contribution in [0.15, 0.2) is 0 Å². The minimum atomic E-state index is -2.99.